The van der Waals surface area contributed by atoms with Gasteiger partial charge in [-0.3, -0.25) is 14.9 Å². The minimum Gasteiger partial charge on any atom is -0.506 e. The Balaban J connectivity index is 1.75. The number of hydrogen-bond acceptors (Lipinski definition) is 6. The summed E-state index contributed by atoms with van der Waals surface area (Å²) in [6, 6.07) is 11.0. The molecular weight excluding hydrogens is 522 g/mol. The van der Waals surface area contributed by atoms with Crippen LogP contribution < -0.4 is 9.64 Å². The number of rotatable bonds is 3. The summed E-state index contributed by atoms with van der Waals surface area (Å²) in [7, 11) is 0. The van der Waals surface area contributed by atoms with Gasteiger partial charge in [0.05, 0.1) is 20.4 Å². The van der Waals surface area contributed by atoms with E-state index in [2.05, 4.69) is 36.8 Å². The van der Waals surface area contributed by atoms with Crippen LogP contribution in [0.2, 0.25) is 0 Å². The van der Waals surface area contributed by atoms with Gasteiger partial charge in [0.2, 0.25) is 5.88 Å². The van der Waals surface area contributed by atoms with Crippen molar-refractivity contribution in [1.29, 1.82) is 0 Å². The van der Waals surface area contributed by atoms with Crippen molar-refractivity contribution in [3.8, 4) is 22.8 Å². The van der Waals surface area contributed by atoms with Crippen LogP contribution in [-0.2, 0) is 0 Å². The monoisotopic (exact) mass is 533 g/mol. The van der Waals surface area contributed by atoms with Gasteiger partial charge in [0.15, 0.2) is 0 Å². The van der Waals surface area contributed by atoms with Gasteiger partial charge in [-0.25, -0.2) is 4.98 Å². The van der Waals surface area contributed by atoms with Gasteiger partial charge in [-0.05, 0) is 55.6 Å². The van der Waals surface area contributed by atoms with Gasteiger partial charge in [0.25, 0.3) is 11.6 Å². The zero-order valence-electron chi connectivity index (χ0n) is 15.2. The van der Waals surface area contributed by atoms with E-state index in [0.29, 0.717) is 43.7 Å². The molecule has 2 heterocycles. The fourth-order valence-electron chi connectivity index (χ4n) is 3.11. The Morgan fingerprint density at radius 2 is 1.90 bits per heavy atom. The van der Waals surface area contributed by atoms with Gasteiger partial charge in [-0.2, -0.15) is 0 Å². The summed E-state index contributed by atoms with van der Waals surface area (Å²) in [6.45, 7) is 0.588. The predicted octanol–water partition coefficient (Wildman–Crippen LogP) is 4.93. The number of nitro groups is 1. The zero-order valence-corrected chi connectivity index (χ0v) is 18.4. The highest BCUT2D eigenvalue weighted by molar-refractivity contribution is 9.11. The SMILES string of the molecule is O=C(c1cc(Br)c(O)c(Br)c1)N1CCOc2ncc(-c3cccc([N+](=O)[O-])c3)cc21. The van der Waals surface area contributed by atoms with Crippen LogP contribution in [0.3, 0.4) is 0 Å². The van der Waals surface area contributed by atoms with E-state index in [1.165, 1.54) is 29.2 Å². The Morgan fingerprint density at radius 3 is 2.60 bits per heavy atom. The third-order valence-corrected chi connectivity index (χ3v) is 5.78. The van der Waals surface area contributed by atoms with Crippen molar-refractivity contribution in [3.63, 3.8) is 0 Å². The molecule has 0 aliphatic carbocycles. The molecule has 0 saturated heterocycles. The van der Waals surface area contributed by atoms with Crippen molar-refractivity contribution in [2.75, 3.05) is 18.1 Å². The Labute approximate surface area is 187 Å². The Kier molecular flexibility index (Phi) is 5.44. The molecule has 1 aromatic heterocycles. The zero-order chi connectivity index (χ0) is 21.4. The molecule has 1 aliphatic heterocycles. The lowest BCUT2D eigenvalue weighted by molar-refractivity contribution is -0.384. The molecule has 1 N–H and O–H groups in total. The van der Waals surface area contributed by atoms with Crippen LogP contribution in [0, 0.1) is 10.1 Å². The van der Waals surface area contributed by atoms with Gasteiger partial charge < -0.3 is 14.7 Å². The molecular formula is C20H13Br2N3O5. The van der Waals surface area contributed by atoms with Crippen LogP contribution in [0.4, 0.5) is 11.4 Å². The first-order valence-corrected chi connectivity index (χ1v) is 10.3. The first kappa shape index (κ1) is 20.3. The standard InChI is InChI=1S/C20H13Br2N3O5/c21-15-7-12(8-16(22)18(15)26)20(27)24-4-5-30-19-17(24)9-13(10-23-19)11-2-1-3-14(6-11)25(28)29/h1-3,6-10,26H,4-5H2. The minimum atomic E-state index is -0.463. The lowest BCUT2D eigenvalue weighted by Gasteiger charge is -2.29. The third kappa shape index (κ3) is 3.75. The van der Waals surface area contributed by atoms with Crippen molar-refractivity contribution in [1.82, 2.24) is 4.98 Å². The number of phenols is 1. The maximum atomic E-state index is 13.2. The highest BCUT2D eigenvalue weighted by atomic mass is 79.9. The molecule has 4 rings (SSSR count). The molecule has 30 heavy (non-hydrogen) atoms. The number of nitrogens with zero attached hydrogens (tertiary/aromatic N) is 3. The number of phenolic OH excluding ortho intramolecular Hbond substituents is 1. The van der Waals surface area contributed by atoms with Crippen molar-refractivity contribution in [2.45, 2.75) is 0 Å². The van der Waals surface area contributed by atoms with Crippen molar-refractivity contribution in [3.05, 3.63) is 73.3 Å². The maximum Gasteiger partial charge on any atom is 0.270 e. The quantitative estimate of drug-likeness (QED) is 0.377. The summed E-state index contributed by atoms with van der Waals surface area (Å²) >= 11 is 6.48. The molecule has 10 heteroatoms. The molecule has 0 unspecified atom stereocenters. The van der Waals surface area contributed by atoms with E-state index >= 15 is 0 Å². The first-order valence-electron chi connectivity index (χ1n) is 8.72. The normalized spacial score (nSPS) is 12.8. The van der Waals surface area contributed by atoms with Gasteiger partial charge in [0.1, 0.15) is 18.0 Å². The second-order valence-corrected chi connectivity index (χ2v) is 8.16. The van der Waals surface area contributed by atoms with Crippen LogP contribution >= 0.6 is 31.9 Å². The number of amides is 1. The van der Waals surface area contributed by atoms with Crippen LogP contribution in [0.1, 0.15) is 10.4 Å². The van der Waals surface area contributed by atoms with Crippen molar-refractivity contribution in [2.24, 2.45) is 0 Å². The van der Waals surface area contributed by atoms with E-state index < -0.39 is 4.92 Å². The van der Waals surface area contributed by atoms with Crippen LogP contribution in [0.15, 0.2) is 57.6 Å². The number of carbonyl (C=O) groups excluding carboxylic acids is 1. The van der Waals surface area contributed by atoms with Crippen LogP contribution in [0.5, 0.6) is 11.6 Å². The highest BCUT2D eigenvalue weighted by Gasteiger charge is 2.27. The molecule has 0 radical (unpaired) electrons. The van der Waals surface area contributed by atoms with Gasteiger partial charge >= 0.3 is 0 Å². The first-order chi connectivity index (χ1) is 14.3. The number of hydrogen-bond donors (Lipinski definition) is 1. The van der Waals surface area contributed by atoms with E-state index in [4.69, 9.17) is 4.74 Å². The number of anilines is 1. The number of carbonyl (C=O) groups is 1. The van der Waals surface area contributed by atoms with Gasteiger partial charge in [0, 0.05) is 29.5 Å². The number of halogens is 2. The van der Waals surface area contributed by atoms with E-state index in [1.807, 2.05) is 0 Å². The van der Waals surface area contributed by atoms with E-state index in [1.54, 1.807) is 24.4 Å². The topological polar surface area (TPSA) is 106 Å². The number of pyridine rings is 1. The number of aromatic nitrogens is 1. The summed E-state index contributed by atoms with van der Waals surface area (Å²) < 4.78 is 6.36. The Bertz CT molecular complexity index is 1160. The maximum absolute atomic E-state index is 13.2. The van der Waals surface area contributed by atoms with Gasteiger partial charge in [-0.1, -0.05) is 12.1 Å². The smallest absolute Gasteiger partial charge is 0.270 e. The van der Waals surface area contributed by atoms with Crippen molar-refractivity contribution < 1.29 is 19.6 Å². The summed E-state index contributed by atoms with van der Waals surface area (Å²) in [5.41, 5.74) is 2.02. The number of nitro benzene ring substituents is 1. The number of fused-ring (bicyclic) bond motifs is 1. The number of aromatic hydroxyl groups is 1. The molecule has 0 saturated carbocycles. The largest absolute Gasteiger partial charge is 0.506 e. The highest BCUT2D eigenvalue weighted by Crippen LogP contribution is 2.37. The van der Waals surface area contributed by atoms with Crippen molar-refractivity contribution >= 4 is 49.1 Å². The predicted molar refractivity (Wildman–Crippen MR) is 117 cm³/mol. The molecule has 0 bridgehead atoms. The molecule has 0 fully saturated rings. The summed E-state index contributed by atoms with van der Waals surface area (Å²) in [6.07, 6.45) is 1.56. The molecule has 152 valence electrons. The average Bonchev–Trinajstić information content (AvgIpc) is 2.76. The summed E-state index contributed by atoms with van der Waals surface area (Å²) in [4.78, 5) is 29.7. The Morgan fingerprint density at radius 1 is 1.17 bits per heavy atom. The molecule has 8 nitrogen and oxygen atoms in total. The number of ether oxygens (including phenoxy) is 1. The molecule has 2 aromatic carbocycles. The Hall–Kier alpha value is -2.98. The molecule has 1 amide bonds. The molecule has 1 aliphatic rings. The van der Waals surface area contributed by atoms with E-state index in [-0.39, 0.29) is 24.0 Å². The fourth-order valence-corrected chi connectivity index (χ4v) is 4.30. The number of benzene rings is 2. The third-order valence-electron chi connectivity index (χ3n) is 4.58. The van der Waals surface area contributed by atoms with E-state index in [9.17, 15) is 20.0 Å². The number of non-ortho nitro benzene ring substituents is 1. The molecule has 3 aromatic rings. The average molecular weight is 535 g/mol. The molecule has 0 spiro atoms. The molecule has 0 atom stereocenters. The second-order valence-electron chi connectivity index (χ2n) is 6.45. The summed E-state index contributed by atoms with van der Waals surface area (Å²) in [5, 5.41) is 21.0. The lowest BCUT2D eigenvalue weighted by atomic mass is 10.1. The van der Waals surface area contributed by atoms with E-state index in [0.717, 1.165) is 0 Å². The van der Waals surface area contributed by atoms with Crippen LogP contribution in [-0.4, -0.2) is 34.1 Å². The fraction of sp³-hybridized carbons (Fsp3) is 0.100. The van der Waals surface area contributed by atoms with Gasteiger partial charge in [-0.15, -0.1) is 0 Å². The van der Waals surface area contributed by atoms with Crippen LogP contribution in [0.25, 0.3) is 11.1 Å². The summed E-state index contributed by atoms with van der Waals surface area (Å²) in [5.74, 6) is 0.0168. The second kappa shape index (κ2) is 8.04. The lowest BCUT2D eigenvalue weighted by Crippen LogP contribution is -2.38. The minimum absolute atomic E-state index is 0.00329.